The number of aromatic amines is 1. The molecular weight excluding hydrogens is 236 g/mol. The van der Waals surface area contributed by atoms with Gasteiger partial charge in [-0.1, -0.05) is 0 Å². The number of halogens is 1. The number of carbonyl (C=O) groups excluding carboxylic acids is 1. The van der Waals surface area contributed by atoms with Gasteiger partial charge in [-0.25, -0.2) is 0 Å². The first-order valence-corrected chi connectivity index (χ1v) is 4.38. The van der Waals surface area contributed by atoms with Crippen LogP contribution in [0.3, 0.4) is 0 Å². The Morgan fingerprint density at radius 3 is 2.81 bits per heavy atom. The molecule has 0 aliphatic rings. The van der Waals surface area contributed by atoms with Gasteiger partial charge in [-0.05, 0) is 6.92 Å². The minimum atomic E-state index is -0.570. The van der Waals surface area contributed by atoms with Gasteiger partial charge in [0.25, 0.3) is 11.6 Å². The molecule has 0 unspecified atom stereocenters. The number of H-pyrrole nitrogens is 1. The molecule has 0 aromatic carbocycles. The second-order valence-corrected chi connectivity index (χ2v) is 3.14. The van der Waals surface area contributed by atoms with E-state index in [0.29, 0.717) is 6.54 Å². The van der Waals surface area contributed by atoms with Crippen LogP contribution in [0.4, 0.5) is 5.69 Å². The van der Waals surface area contributed by atoms with Gasteiger partial charge >= 0.3 is 0 Å². The molecule has 0 spiro atoms. The number of amides is 1. The maximum absolute atomic E-state index is 11.4. The van der Waals surface area contributed by atoms with E-state index in [1.54, 1.807) is 6.92 Å². The molecule has 90 valence electrons. The Labute approximate surface area is 98.0 Å². The first kappa shape index (κ1) is 14.4. The zero-order valence-electron chi connectivity index (χ0n) is 8.60. The summed E-state index contributed by atoms with van der Waals surface area (Å²) >= 11 is 0. The van der Waals surface area contributed by atoms with Crippen LogP contribution in [0.15, 0.2) is 12.3 Å². The first-order valence-electron chi connectivity index (χ1n) is 4.38. The van der Waals surface area contributed by atoms with Crippen molar-refractivity contribution in [1.29, 1.82) is 0 Å². The minimum absolute atomic E-state index is 0. The van der Waals surface area contributed by atoms with E-state index in [9.17, 15) is 14.9 Å². The van der Waals surface area contributed by atoms with Crippen LogP contribution in [0.2, 0.25) is 0 Å². The van der Waals surface area contributed by atoms with Crippen molar-refractivity contribution in [3.63, 3.8) is 0 Å². The molecule has 0 aliphatic carbocycles. The summed E-state index contributed by atoms with van der Waals surface area (Å²) in [5.74, 6) is -0.402. The molecule has 1 aromatic heterocycles. The Morgan fingerprint density at radius 2 is 2.38 bits per heavy atom. The zero-order chi connectivity index (χ0) is 11.4. The highest BCUT2D eigenvalue weighted by molar-refractivity contribution is 5.93. The maximum atomic E-state index is 11.4. The Morgan fingerprint density at radius 1 is 1.75 bits per heavy atom. The molecule has 1 heterocycles. The Hall–Kier alpha value is -1.60. The predicted molar refractivity (Wildman–Crippen MR) is 60.7 cm³/mol. The van der Waals surface area contributed by atoms with Gasteiger partial charge in [-0.2, -0.15) is 0 Å². The van der Waals surface area contributed by atoms with E-state index in [1.807, 2.05) is 0 Å². The smallest absolute Gasteiger partial charge is 0.287 e. The van der Waals surface area contributed by atoms with Crippen molar-refractivity contribution < 1.29 is 9.72 Å². The number of nitro groups is 1. The first-order chi connectivity index (χ1) is 7.04. The standard InChI is InChI=1S/C8H12N4O3.ClH/c1-5(3-9)11-8(13)7-2-6(4-10-7)12(14)15;/h2,4-5,10H,3,9H2,1H3,(H,11,13);1H/t5-;/m1./s1. The highest BCUT2D eigenvalue weighted by Crippen LogP contribution is 2.11. The van der Waals surface area contributed by atoms with Crippen molar-refractivity contribution >= 4 is 24.0 Å². The molecule has 1 atom stereocenters. The average molecular weight is 249 g/mol. The molecule has 0 bridgehead atoms. The number of hydrogen-bond donors (Lipinski definition) is 3. The second-order valence-electron chi connectivity index (χ2n) is 3.14. The van der Waals surface area contributed by atoms with Gasteiger partial charge in [-0.15, -0.1) is 12.4 Å². The van der Waals surface area contributed by atoms with Crippen LogP contribution in [0.25, 0.3) is 0 Å². The fourth-order valence-corrected chi connectivity index (χ4v) is 0.980. The van der Waals surface area contributed by atoms with Crippen molar-refractivity contribution in [1.82, 2.24) is 10.3 Å². The third-order valence-electron chi connectivity index (χ3n) is 1.85. The maximum Gasteiger partial charge on any atom is 0.287 e. The van der Waals surface area contributed by atoms with Crippen LogP contribution < -0.4 is 11.1 Å². The molecule has 0 saturated carbocycles. The molecule has 1 aromatic rings. The summed E-state index contributed by atoms with van der Waals surface area (Å²) in [5, 5.41) is 12.9. The second kappa shape index (κ2) is 6.09. The topological polar surface area (TPSA) is 114 Å². The molecule has 16 heavy (non-hydrogen) atoms. The van der Waals surface area contributed by atoms with Crippen LogP contribution in [0.1, 0.15) is 17.4 Å². The fourth-order valence-electron chi connectivity index (χ4n) is 0.980. The summed E-state index contributed by atoms with van der Waals surface area (Å²) in [4.78, 5) is 23.7. The lowest BCUT2D eigenvalue weighted by Crippen LogP contribution is -2.37. The van der Waals surface area contributed by atoms with Crippen LogP contribution in [0, 0.1) is 10.1 Å². The molecule has 1 rings (SSSR count). The molecule has 0 radical (unpaired) electrons. The third-order valence-corrected chi connectivity index (χ3v) is 1.85. The number of nitrogens with one attached hydrogen (secondary N) is 2. The van der Waals surface area contributed by atoms with Gasteiger partial charge in [0.1, 0.15) is 5.69 Å². The molecule has 0 fully saturated rings. The van der Waals surface area contributed by atoms with Gasteiger partial charge in [0.05, 0.1) is 11.1 Å². The number of aromatic nitrogens is 1. The van der Waals surface area contributed by atoms with Gasteiger partial charge < -0.3 is 16.0 Å². The van der Waals surface area contributed by atoms with Crippen molar-refractivity contribution in [2.75, 3.05) is 6.54 Å². The summed E-state index contributed by atoms with van der Waals surface area (Å²) in [7, 11) is 0. The summed E-state index contributed by atoms with van der Waals surface area (Å²) in [6, 6.07) is 1.01. The number of nitrogens with zero attached hydrogens (tertiary/aromatic N) is 1. The highest BCUT2D eigenvalue weighted by Gasteiger charge is 2.15. The molecular formula is C8H13ClN4O3. The number of hydrogen-bond acceptors (Lipinski definition) is 4. The van der Waals surface area contributed by atoms with E-state index < -0.39 is 10.8 Å². The predicted octanol–water partition coefficient (Wildman–Crippen LogP) is 0.422. The van der Waals surface area contributed by atoms with Crippen molar-refractivity contribution in [3.8, 4) is 0 Å². The summed E-state index contributed by atoms with van der Waals surface area (Å²) in [5.41, 5.74) is 5.33. The van der Waals surface area contributed by atoms with E-state index in [-0.39, 0.29) is 29.8 Å². The van der Waals surface area contributed by atoms with E-state index in [1.165, 1.54) is 12.3 Å². The molecule has 4 N–H and O–H groups in total. The fraction of sp³-hybridized carbons (Fsp3) is 0.375. The van der Waals surface area contributed by atoms with Gasteiger partial charge in [0, 0.05) is 18.7 Å². The minimum Gasteiger partial charge on any atom is -0.351 e. The van der Waals surface area contributed by atoms with Crippen LogP contribution in [-0.4, -0.2) is 28.4 Å². The quantitative estimate of drug-likeness (QED) is 0.529. The monoisotopic (exact) mass is 248 g/mol. The lowest BCUT2D eigenvalue weighted by Gasteiger charge is -2.09. The summed E-state index contributed by atoms with van der Waals surface area (Å²) in [6.07, 6.45) is 1.17. The van der Waals surface area contributed by atoms with Crippen LogP contribution >= 0.6 is 12.4 Å². The Bertz CT molecular complexity index is 379. The van der Waals surface area contributed by atoms with Crippen molar-refractivity contribution in [2.24, 2.45) is 5.73 Å². The van der Waals surface area contributed by atoms with Crippen molar-refractivity contribution in [3.05, 3.63) is 28.1 Å². The summed E-state index contributed by atoms with van der Waals surface area (Å²) < 4.78 is 0. The lowest BCUT2D eigenvalue weighted by molar-refractivity contribution is -0.384. The number of rotatable bonds is 4. The number of carbonyl (C=O) groups is 1. The SMILES string of the molecule is C[C@H](CN)NC(=O)c1cc([N+](=O)[O-])c[nH]1.Cl. The Kier molecular flexibility index (Phi) is 5.48. The van der Waals surface area contributed by atoms with Gasteiger partial charge in [0.2, 0.25) is 0 Å². The molecule has 1 amide bonds. The van der Waals surface area contributed by atoms with Crippen LogP contribution in [0.5, 0.6) is 0 Å². The Balaban J connectivity index is 0.00000225. The summed E-state index contributed by atoms with van der Waals surface area (Å²) in [6.45, 7) is 2.06. The van der Waals surface area contributed by atoms with E-state index in [4.69, 9.17) is 5.73 Å². The van der Waals surface area contributed by atoms with Gasteiger partial charge in [-0.3, -0.25) is 14.9 Å². The highest BCUT2D eigenvalue weighted by atomic mass is 35.5. The van der Waals surface area contributed by atoms with E-state index in [2.05, 4.69) is 10.3 Å². The average Bonchev–Trinajstić information content (AvgIpc) is 2.66. The molecule has 0 aliphatic heterocycles. The van der Waals surface area contributed by atoms with E-state index in [0.717, 1.165) is 0 Å². The number of nitrogens with two attached hydrogens (primary N) is 1. The zero-order valence-corrected chi connectivity index (χ0v) is 9.41. The molecule has 7 nitrogen and oxygen atoms in total. The van der Waals surface area contributed by atoms with E-state index >= 15 is 0 Å². The molecule has 0 saturated heterocycles. The molecule has 8 heteroatoms. The lowest BCUT2D eigenvalue weighted by atomic mass is 10.3. The van der Waals surface area contributed by atoms with Gasteiger partial charge in [0.15, 0.2) is 0 Å². The van der Waals surface area contributed by atoms with Crippen LogP contribution in [-0.2, 0) is 0 Å². The van der Waals surface area contributed by atoms with Crippen molar-refractivity contribution in [2.45, 2.75) is 13.0 Å². The third kappa shape index (κ3) is 3.52. The largest absolute Gasteiger partial charge is 0.351 e. The normalized spacial score (nSPS) is 11.4.